The maximum Gasteiger partial charge on any atom is 0.416 e. The van der Waals surface area contributed by atoms with Crippen molar-refractivity contribution in [1.82, 2.24) is 0 Å². The minimum Gasteiger partial charge on any atom is -0.166 e. The third-order valence-electron chi connectivity index (χ3n) is 4.29. The fourth-order valence-corrected chi connectivity index (χ4v) is 2.99. The molecule has 0 spiro atoms. The molecule has 0 heterocycles. The van der Waals surface area contributed by atoms with Gasteiger partial charge in [0.1, 0.15) is 0 Å². The van der Waals surface area contributed by atoms with Crippen LogP contribution >= 0.6 is 0 Å². The van der Waals surface area contributed by atoms with E-state index in [1.165, 1.54) is 17.7 Å². The summed E-state index contributed by atoms with van der Waals surface area (Å²) in [7, 11) is 0. The SMILES string of the molecule is CC(C)=CC=CC1CCC(c2ccc(C(F)(F)F)cc2)CC1. The van der Waals surface area contributed by atoms with Gasteiger partial charge in [0.25, 0.3) is 0 Å². The maximum atomic E-state index is 12.6. The average molecular weight is 308 g/mol. The summed E-state index contributed by atoms with van der Waals surface area (Å²) in [5.74, 6) is 0.997. The zero-order valence-electron chi connectivity index (χ0n) is 13.2. The molecule has 22 heavy (non-hydrogen) atoms. The number of rotatable bonds is 3. The number of hydrogen-bond donors (Lipinski definition) is 0. The van der Waals surface area contributed by atoms with Crippen LogP contribution in [0.5, 0.6) is 0 Å². The van der Waals surface area contributed by atoms with E-state index in [2.05, 4.69) is 32.1 Å². The minimum atomic E-state index is -4.24. The third-order valence-corrected chi connectivity index (χ3v) is 4.29. The Labute approximate surface area is 130 Å². The molecule has 0 atom stereocenters. The van der Waals surface area contributed by atoms with Gasteiger partial charge in [-0.1, -0.05) is 35.9 Å². The van der Waals surface area contributed by atoms with E-state index >= 15 is 0 Å². The predicted molar refractivity (Wildman–Crippen MR) is 84.7 cm³/mol. The normalized spacial score (nSPS) is 22.8. The molecule has 1 aliphatic rings. The monoisotopic (exact) mass is 308 g/mol. The fourth-order valence-electron chi connectivity index (χ4n) is 2.99. The van der Waals surface area contributed by atoms with Crippen LogP contribution in [0.15, 0.2) is 48.1 Å². The lowest BCUT2D eigenvalue weighted by Crippen LogP contribution is -2.12. The molecule has 2 rings (SSSR count). The molecule has 0 nitrogen and oxygen atoms in total. The Bertz CT molecular complexity index is 523. The minimum absolute atomic E-state index is 0.399. The first kappa shape index (κ1) is 16.9. The second-order valence-electron chi connectivity index (χ2n) is 6.36. The van der Waals surface area contributed by atoms with Gasteiger partial charge in [-0.3, -0.25) is 0 Å². The molecule has 1 aromatic rings. The van der Waals surface area contributed by atoms with Gasteiger partial charge in [0, 0.05) is 0 Å². The van der Waals surface area contributed by atoms with Crippen molar-refractivity contribution in [2.75, 3.05) is 0 Å². The summed E-state index contributed by atoms with van der Waals surface area (Å²) in [5.41, 5.74) is 1.77. The number of halogens is 3. The molecule has 0 aromatic heterocycles. The highest BCUT2D eigenvalue weighted by molar-refractivity contribution is 5.27. The predicted octanol–water partition coefficient (Wildman–Crippen LogP) is 6.50. The van der Waals surface area contributed by atoms with Gasteiger partial charge in [-0.15, -0.1) is 0 Å². The first-order chi connectivity index (χ1) is 10.4. The van der Waals surface area contributed by atoms with Crippen molar-refractivity contribution in [3.05, 3.63) is 59.2 Å². The molecule has 1 aromatic carbocycles. The lowest BCUT2D eigenvalue weighted by atomic mass is 9.78. The molecule has 0 N–H and O–H groups in total. The van der Waals surface area contributed by atoms with Crippen LogP contribution in [0.3, 0.4) is 0 Å². The van der Waals surface area contributed by atoms with Crippen LogP contribution < -0.4 is 0 Å². The Morgan fingerprint density at radius 2 is 1.59 bits per heavy atom. The van der Waals surface area contributed by atoms with E-state index in [0.717, 1.165) is 31.2 Å². The van der Waals surface area contributed by atoms with Crippen LogP contribution in [-0.2, 0) is 6.18 Å². The highest BCUT2D eigenvalue weighted by atomic mass is 19.4. The fraction of sp³-hybridized carbons (Fsp3) is 0.474. The van der Waals surface area contributed by atoms with Crippen LogP contribution in [0.2, 0.25) is 0 Å². The zero-order chi connectivity index (χ0) is 16.2. The van der Waals surface area contributed by atoms with Crippen LogP contribution in [0, 0.1) is 5.92 Å². The van der Waals surface area contributed by atoms with E-state index in [-0.39, 0.29) is 0 Å². The Morgan fingerprint density at radius 3 is 2.09 bits per heavy atom. The maximum absolute atomic E-state index is 12.6. The summed E-state index contributed by atoms with van der Waals surface area (Å²) in [4.78, 5) is 0. The van der Waals surface area contributed by atoms with Crippen LogP contribution in [-0.4, -0.2) is 0 Å². The van der Waals surface area contributed by atoms with Crippen LogP contribution in [0.1, 0.15) is 56.6 Å². The van der Waals surface area contributed by atoms with Crippen molar-refractivity contribution in [3.8, 4) is 0 Å². The van der Waals surface area contributed by atoms with E-state index in [1.807, 2.05) is 0 Å². The summed E-state index contributed by atoms with van der Waals surface area (Å²) in [6.07, 6.45) is 6.57. The second-order valence-corrected chi connectivity index (χ2v) is 6.36. The molecule has 0 amide bonds. The molecule has 1 fully saturated rings. The smallest absolute Gasteiger partial charge is 0.166 e. The van der Waals surface area contributed by atoms with Gasteiger partial charge < -0.3 is 0 Å². The highest BCUT2D eigenvalue weighted by Crippen LogP contribution is 2.37. The Kier molecular flexibility index (Phi) is 5.49. The van der Waals surface area contributed by atoms with E-state index in [9.17, 15) is 13.2 Å². The van der Waals surface area contributed by atoms with Crippen molar-refractivity contribution < 1.29 is 13.2 Å². The second kappa shape index (κ2) is 7.17. The van der Waals surface area contributed by atoms with E-state index < -0.39 is 11.7 Å². The largest absolute Gasteiger partial charge is 0.416 e. The van der Waals surface area contributed by atoms with Gasteiger partial charge in [-0.2, -0.15) is 13.2 Å². The quantitative estimate of drug-likeness (QED) is 0.559. The topological polar surface area (TPSA) is 0 Å². The van der Waals surface area contributed by atoms with Gasteiger partial charge >= 0.3 is 6.18 Å². The van der Waals surface area contributed by atoms with Crippen molar-refractivity contribution in [3.63, 3.8) is 0 Å². The van der Waals surface area contributed by atoms with Gasteiger partial charge in [-0.05, 0) is 69.1 Å². The number of alkyl halides is 3. The van der Waals surface area contributed by atoms with Crippen molar-refractivity contribution >= 4 is 0 Å². The molecule has 1 saturated carbocycles. The van der Waals surface area contributed by atoms with E-state index in [1.54, 1.807) is 12.1 Å². The standard InChI is InChI=1S/C19H23F3/c1-14(2)4-3-5-15-6-8-16(9-7-15)17-10-12-18(13-11-17)19(20,21)22/h3-5,10-13,15-16H,6-9H2,1-2H3. The molecule has 0 radical (unpaired) electrons. The molecular weight excluding hydrogens is 285 g/mol. The molecule has 0 saturated heterocycles. The number of allylic oxidation sites excluding steroid dienone is 4. The molecule has 3 heteroatoms. The molecular formula is C19H23F3. The zero-order valence-corrected chi connectivity index (χ0v) is 13.2. The first-order valence-electron chi connectivity index (χ1n) is 7.85. The summed E-state index contributed by atoms with van der Waals surface area (Å²) in [6, 6.07) is 5.70. The summed E-state index contributed by atoms with van der Waals surface area (Å²) in [6.45, 7) is 4.15. The summed E-state index contributed by atoms with van der Waals surface area (Å²) >= 11 is 0. The third kappa shape index (κ3) is 4.75. The van der Waals surface area contributed by atoms with Gasteiger partial charge in [-0.25, -0.2) is 0 Å². The molecule has 0 aliphatic heterocycles. The highest BCUT2D eigenvalue weighted by Gasteiger charge is 2.30. The van der Waals surface area contributed by atoms with E-state index in [4.69, 9.17) is 0 Å². The molecule has 0 unspecified atom stereocenters. The Morgan fingerprint density at radius 1 is 1.00 bits per heavy atom. The van der Waals surface area contributed by atoms with Crippen LogP contribution in [0.4, 0.5) is 13.2 Å². The van der Waals surface area contributed by atoms with Gasteiger partial charge in [0.2, 0.25) is 0 Å². The summed E-state index contributed by atoms with van der Waals surface area (Å²) < 4.78 is 37.7. The van der Waals surface area contributed by atoms with Gasteiger partial charge in [0.15, 0.2) is 0 Å². The molecule has 120 valence electrons. The number of benzene rings is 1. The van der Waals surface area contributed by atoms with Crippen LogP contribution in [0.25, 0.3) is 0 Å². The van der Waals surface area contributed by atoms with Crippen molar-refractivity contribution in [1.29, 1.82) is 0 Å². The molecule has 1 aliphatic carbocycles. The van der Waals surface area contributed by atoms with Crippen molar-refractivity contribution in [2.24, 2.45) is 5.92 Å². The Hall–Kier alpha value is -1.51. The van der Waals surface area contributed by atoms with Crippen molar-refractivity contribution in [2.45, 2.75) is 51.6 Å². The molecule has 0 bridgehead atoms. The average Bonchev–Trinajstić information content (AvgIpc) is 2.47. The lowest BCUT2D eigenvalue weighted by molar-refractivity contribution is -0.137. The Balaban J connectivity index is 1.92. The number of hydrogen-bond acceptors (Lipinski definition) is 0. The first-order valence-corrected chi connectivity index (χ1v) is 7.85. The lowest BCUT2D eigenvalue weighted by Gasteiger charge is -2.27. The van der Waals surface area contributed by atoms with Gasteiger partial charge in [0.05, 0.1) is 5.56 Å². The summed E-state index contributed by atoms with van der Waals surface area (Å²) in [5, 5.41) is 0. The van der Waals surface area contributed by atoms with E-state index in [0.29, 0.717) is 11.8 Å².